The van der Waals surface area contributed by atoms with Gasteiger partial charge >= 0.3 is 0 Å². The van der Waals surface area contributed by atoms with Crippen molar-refractivity contribution in [2.75, 3.05) is 5.73 Å². The molecule has 2 N–H and O–H groups in total. The van der Waals surface area contributed by atoms with Crippen molar-refractivity contribution >= 4 is 22.9 Å². The molecule has 2 heterocycles. The van der Waals surface area contributed by atoms with Gasteiger partial charge in [0.2, 0.25) is 0 Å². The molecule has 0 saturated heterocycles. The molecule has 0 saturated carbocycles. The summed E-state index contributed by atoms with van der Waals surface area (Å²) in [6.45, 7) is 0. The van der Waals surface area contributed by atoms with Crippen molar-refractivity contribution in [3.63, 3.8) is 0 Å². The first-order valence-corrected chi connectivity index (χ1v) is 5.39. The molecule has 0 aliphatic carbocycles. The molecule has 0 unspecified atom stereocenters. The maximum absolute atomic E-state index is 11.8. The number of hydrogen-bond acceptors (Lipinski definition) is 4. The number of rotatable bonds is 3. The van der Waals surface area contributed by atoms with E-state index in [-0.39, 0.29) is 5.78 Å². The van der Waals surface area contributed by atoms with Crippen molar-refractivity contribution < 1.29 is 4.79 Å². The number of nitrogen functional groups attached to an aromatic ring is 1. The van der Waals surface area contributed by atoms with Gasteiger partial charge in [0.15, 0.2) is 5.78 Å². The Kier molecular flexibility index (Phi) is 2.55. The molecule has 0 aromatic carbocycles. The molecule has 5 heteroatoms. The molecule has 0 spiro atoms. The van der Waals surface area contributed by atoms with Gasteiger partial charge in [-0.05, 0) is 11.4 Å². The Morgan fingerprint density at radius 3 is 3.00 bits per heavy atom. The van der Waals surface area contributed by atoms with Crippen LogP contribution in [0.25, 0.3) is 0 Å². The molecule has 0 amide bonds. The highest BCUT2D eigenvalue weighted by atomic mass is 32.1. The number of ketones is 1. The van der Waals surface area contributed by atoms with E-state index in [1.54, 1.807) is 18.4 Å². The Balaban J connectivity index is 2.19. The van der Waals surface area contributed by atoms with Gasteiger partial charge in [0.1, 0.15) is 5.82 Å². The number of Topliss-reactive ketones (excluding diaryl/α,β-unsaturated/α-hetero) is 1. The van der Waals surface area contributed by atoms with E-state index in [2.05, 4.69) is 5.10 Å². The van der Waals surface area contributed by atoms with Gasteiger partial charge in [-0.1, -0.05) is 6.07 Å². The normalized spacial score (nSPS) is 10.5. The molecular formula is C10H11N3OS. The van der Waals surface area contributed by atoms with Gasteiger partial charge in [0, 0.05) is 18.3 Å². The fourth-order valence-corrected chi connectivity index (χ4v) is 2.03. The molecular weight excluding hydrogens is 210 g/mol. The highest BCUT2D eigenvalue weighted by Gasteiger charge is 2.14. The second kappa shape index (κ2) is 3.86. The summed E-state index contributed by atoms with van der Waals surface area (Å²) >= 11 is 1.57. The summed E-state index contributed by atoms with van der Waals surface area (Å²) in [4.78, 5) is 12.9. The first-order chi connectivity index (χ1) is 7.18. The van der Waals surface area contributed by atoms with Crippen LogP contribution in [0.5, 0.6) is 0 Å². The number of nitrogens with two attached hydrogens (primary N) is 1. The summed E-state index contributed by atoms with van der Waals surface area (Å²) in [7, 11) is 1.72. The second-order valence-electron chi connectivity index (χ2n) is 3.25. The number of carbonyl (C=O) groups excluding carboxylic acids is 1. The summed E-state index contributed by atoms with van der Waals surface area (Å²) in [5.41, 5.74) is 6.22. The Morgan fingerprint density at radius 1 is 1.67 bits per heavy atom. The number of nitrogens with zero attached hydrogens (tertiary/aromatic N) is 2. The summed E-state index contributed by atoms with van der Waals surface area (Å²) in [5, 5.41) is 5.89. The van der Waals surface area contributed by atoms with Gasteiger partial charge in [-0.2, -0.15) is 5.10 Å². The lowest BCUT2D eigenvalue weighted by molar-refractivity contribution is 0.0994. The van der Waals surface area contributed by atoms with Gasteiger partial charge in [-0.3, -0.25) is 9.48 Å². The highest BCUT2D eigenvalue weighted by Crippen LogP contribution is 2.16. The van der Waals surface area contributed by atoms with Crippen LogP contribution in [0, 0.1) is 0 Å². The van der Waals surface area contributed by atoms with Crippen LogP contribution in [-0.2, 0) is 13.5 Å². The predicted molar refractivity (Wildman–Crippen MR) is 60.0 cm³/mol. The molecule has 0 aliphatic rings. The van der Waals surface area contributed by atoms with E-state index >= 15 is 0 Å². The average molecular weight is 221 g/mol. The van der Waals surface area contributed by atoms with E-state index < -0.39 is 0 Å². The van der Waals surface area contributed by atoms with Gasteiger partial charge in [0.25, 0.3) is 0 Å². The molecule has 0 atom stereocenters. The zero-order valence-corrected chi connectivity index (χ0v) is 9.12. The summed E-state index contributed by atoms with van der Waals surface area (Å²) in [6, 6.07) is 3.87. The average Bonchev–Trinajstić information content (AvgIpc) is 2.79. The van der Waals surface area contributed by atoms with Gasteiger partial charge in [-0.15, -0.1) is 11.3 Å². The van der Waals surface area contributed by atoms with Crippen LogP contribution in [-0.4, -0.2) is 15.6 Å². The van der Waals surface area contributed by atoms with Gasteiger partial charge < -0.3 is 5.73 Å². The van der Waals surface area contributed by atoms with E-state index in [1.807, 2.05) is 17.5 Å². The molecule has 0 radical (unpaired) electrons. The Bertz CT molecular complexity index is 473. The number of carbonyl (C=O) groups is 1. The molecule has 2 aromatic rings. The molecule has 0 aliphatic heterocycles. The fraction of sp³-hybridized carbons (Fsp3) is 0.200. The van der Waals surface area contributed by atoms with Crippen LogP contribution in [0.4, 0.5) is 5.82 Å². The van der Waals surface area contributed by atoms with Crippen molar-refractivity contribution in [1.82, 2.24) is 9.78 Å². The number of anilines is 1. The number of hydrogen-bond donors (Lipinski definition) is 1. The van der Waals surface area contributed by atoms with E-state index in [0.717, 1.165) is 4.88 Å². The molecule has 2 rings (SSSR count). The van der Waals surface area contributed by atoms with Crippen LogP contribution in [0.2, 0.25) is 0 Å². The highest BCUT2D eigenvalue weighted by molar-refractivity contribution is 7.10. The summed E-state index contributed by atoms with van der Waals surface area (Å²) in [5.74, 6) is 0.444. The Labute approximate surface area is 91.3 Å². The van der Waals surface area contributed by atoms with E-state index in [0.29, 0.717) is 17.8 Å². The van der Waals surface area contributed by atoms with Gasteiger partial charge in [0.05, 0.1) is 11.8 Å². The van der Waals surface area contributed by atoms with Crippen molar-refractivity contribution in [3.8, 4) is 0 Å². The SMILES string of the molecule is Cn1ncc(C(=O)Cc2cccs2)c1N. The third-order valence-electron chi connectivity index (χ3n) is 2.20. The molecule has 15 heavy (non-hydrogen) atoms. The van der Waals surface area contributed by atoms with Crippen molar-refractivity contribution in [1.29, 1.82) is 0 Å². The number of aryl methyl sites for hydroxylation is 1. The van der Waals surface area contributed by atoms with Crippen molar-refractivity contribution in [3.05, 3.63) is 34.2 Å². The minimum atomic E-state index is 0.0167. The van der Waals surface area contributed by atoms with Gasteiger partial charge in [-0.25, -0.2) is 0 Å². The predicted octanol–water partition coefficient (Wildman–Crippen LogP) is 1.49. The lowest BCUT2D eigenvalue weighted by Crippen LogP contribution is -2.06. The topological polar surface area (TPSA) is 60.9 Å². The second-order valence-corrected chi connectivity index (χ2v) is 4.28. The summed E-state index contributed by atoms with van der Waals surface area (Å²) in [6.07, 6.45) is 1.92. The van der Waals surface area contributed by atoms with E-state index in [4.69, 9.17) is 5.73 Å². The summed E-state index contributed by atoms with van der Waals surface area (Å²) < 4.78 is 1.50. The molecule has 4 nitrogen and oxygen atoms in total. The van der Waals surface area contributed by atoms with Crippen molar-refractivity contribution in [2.24, 2.45) is 7.05 Å². The molecule has 0 fully saturated rings. The zero-order chi connectivity index (χ0) is 10.8. The standard InChI is InChI=1S/C10H11N3OS/c1-13-10(11)8(6-12-13)9(14)5-7-3-2-4-15-7/h2-4,6H,5,11H2,1H3. The van der Waals surface area contributed by atoms with Crippen LogP contribution >= 0.6 is 11.3 Å². The molecule has 0 bridgehead atoms. The lowest BCUT2D eigenvalue weighted by atomic mass is 10.1. The minimum Gasteiger partial charge on any atom is -0.383 e. The first-order valence-electron chi connectivity index (χ1n) is 4.51. The molecule has 78 valence electrons. The third-order valence-corrected chi connectivity index (χ3v) is 3.08. The monoisotopic (exact) mass is 221 g/mol. The quantitative estimate of drug-likeness (QED) is 0.799. The maximum Gasteiger partial charge on any atom is 0.173 e. The van der Waals surface area contributed by atoms with Crippen molar-refractivity contribution in [2.45, 2.75) is 6.42 Å². The van der Waals surface area contributed by atoms with E-state index in [9.17, 15) is 4.79 Å². The first kappa shape index (κ1) is 9.92. The van der Waals surface area contributed by atoms with Crippen LogP contribution in [0.3, 0.4) is 0 Å². The fourth-order valence-electron chi connectivity index (χ4n) is 1.33. The number of thiophene rings is 1. The zero-order valence-electron chi connectivity index (χ0n) is 8.30. The Morgan fingerprint density at radius 2 is 2.47 bits per heavy atom. The Hall–Kier alpha value is -1.62. The van der Waals surface area contributed by atoms with E-state index in [1.165, 1.54) is 10.9 Å². The minimum absolute atomic E-state index is 0.0167. The largest absolute Gasteiger partial charge is 0.383 e. The molecule has 2 aromatic heterocycles. The maximum atomic E-state index is 11.8. The number of aromatic nitrogens is 2. The van der Waals surface area contributed by atoms with Crippen LogP contribution in [0.1, 0.15) is 15.2 Å². The van der Waals surface area contributed by atoms with Crippen LogP contribution < -0.4 is 5.73 Å². The smallest absolute Gasteiger partial charge is 0.173 e. The van der Waals surface area contributed by atoms with Crippen LogP contribution in [0.15, 0.2) is 23.7 Å². The third kappa shape index (κ3) is 1.92. The lowest BCUT2D eigenvalue weighted by Gasteiger charge is -1.98.